The zero-order valence-corrected chi connectivity index (χ0v) is 13.5. The van der Waals surface area contributed by atoms with Crippen LogP contribution in [0.5, 0.6) is 0 Å². The zero-order chi connectivity index (χ0) is 15.8. The minimum atomic E-state index is -0.394. The third-order valence-corrected chi connectivity index (χ3v) is 3.76. The Kier molecular flexibility index (Phi) is 7.23. The molecule has 0 bridgehead atoms. The summed E-state index contributed by atoms with van der Waals surface area (Å²) in [7, 11) is 0. The lowest BCUT2D eigenvalue weighted by Gasteiger charge is -2.22. The third kappa shape index (κ3) is 6.63. The lowest BCUT2D eigenvalue weighted by Crippen LogP contribution is -2.44. The summed E-state index contributed by atoms with van der Waals surface area (Å²) in [5.41, 5.74) is 1.13. The molecule has 3 unspecified atom stereocenters. The van der Waals surface area contributed by atoms with Crippen molar-refractivity contribution in [2.24, 2.45) is 5.92 Å². The fourth-order valence-corrected chi connectivity index (χ4v) is 2.11. The van der Waals surface area contributed by atoms with E-state index < -0.39 is 6.10 Å². The highest BCUT2D eigenvalue weighted by Crippen LogP contribution is 2.20. The molecule has 2 amide bonds. The summed E-state index contributed by atoms with van der Waals surface area (Å²) in [5.74, 6) is 0.518. The van der Waals surface area contributed by atoms with Crippen LogP contribution in [0.4, 0.5) is 4.79 Å². The van der Waals surface area contributed by atoms with Gasteiger partial charge in [0.15, 0.2) is 0 Å². The number of hydrogen-bond acceptors (Lipinski definition) is 2. The smallest absolute Gasteiger partial charge is 0.315 e. The quantitative estimate of drug-likeness (QED) is 0.723. The molecule has 0 spiro atoms. The van der Waals surface area contributed by atoms with E-state index in [9.17, 15) is 9.90 Å². The van der Waals surface area contributed by atoms with Crippen LogP contribution in [0.1, 0.15) is 45.6 Å². The Morgan fingerprint density at radius 3 is 2.29 bits per heavy atom. The molecule has 1 rings (SSSR count). The van der Waals surface area contributed by atoms with Gasteiger partial charge in [-0.1, -0.05) is 44.2 Å². The van der Waals surface area contributed by atoms with Crippen LogP contribution in [0.15, 0.2) is 30.3 Å². The molecular weight excluding hydrogens is 264 g/mol. The van der Waals surface area contributed by atoms with Crippen molar-refractivity contribution in [2.75, 3.05) is 6.54 Å². The molecule has 3 N–H and O–H groups in total. The number of carbonyl (C=O) groups is 1. The predicted molar refractivity (Wildman–Crippen MR) is 86.3 cm³/mol. The van der Waals surface area contributed by atoms with Crippen LogP contribution >= 0.6 is 0 Å². The van der Waals surface area contributed by atoms with Crippen molar-refractivity contribution < 1.29 is 9.90 Å². The molecule has 0 aliphatic carbocycles. The van der Waals surface area contributed by atoms with Gasteiger partial charge in [-0.2, -0.15) is 0 Å². The SMILES string of the molecule is CC(O)CC(CNC(=O)NC(C)C(C)C)c1ccccc1. The maximum Gasteiger partial charge on any atom is 0.315 e. The third-order valence-electron chi connectivity index (χ3n) is 3.76. The number of aliphatic hydroxyl groups excluding tert-OH is 1. The van der Waals surface area contributed by atoms with Crippen LogP contribution in [0, 0.1) is 5.92 Å². The van der Waals surface area contributed by atoms with E-state index in [1.54, 1.807) is 6.92 Å². The van der Waals surface area contributed by atoms with Gasteiger partial charge in [0.05, 0.1) is 6.10 Å². The Labute approximate surface area is 128 Å². The maximum atomic E-state index is 11.9. The summed E-state index contributed by atoms with van der Waals surface area (Å²) in [5, 5.41) is 15.5. The fourth-order valence-electron chi connectivity index (χ4n) is 2.11. The van der Waals surface area contributed by atoms with Crippen molar-refractivity contribution in [3.05, 3.63) is 35.9 Å². The standard InChI is InChI=1S/C17H28N2O2/c1-12(2)14(4)19-17(21)18-11-16(10-13(3)20)15-8-6-5-7-9-15/h5-9,12-14,16,20H,10-11H2,1-4H3,(H2,18,19,21). The first-order valence-corrected chi connectivity index (χ1v) is 7.67. The summed E-state index contributed by atoms with van der Waals surface area (Å²) < 4.78 is 0. The van der Waals surface area contributed by atoms with E-state index in [4.69, 9.17) is 0 Å². The lowest BCUT2D eigenvalue weighted by molar-refractivity contribution is 0.173. The highest BCUT2D eigenvalue weighted by molar-refractivity contribution is 5.74. The van der Waals surface area contributed by atoms with Crippen LogP contribution in [0.25, 0.3) is 0 Å². The summed E-state index contributed by atoms with van der Waals surface area (Å²) in [6.45, 7) is 8.44. The molecule has 0 aliphatic heterocycles. The van der Waals surface area contributed by atoms with Crippen LogP contribution in [0.3, 0.4) is 0 Å². The zero-order valence-electron chi connectivity index (χ0n) is 13.5. The molecule has 118 valence electrons. The molecule has 0 aliphatic rings. The average Bonchev–Trinajstić information content (AvgIpc) is 2.43. The van der Waals surface area contributed by atoms with Gasteiger partial charge in [0.2, 0.25) is 0 Å². The molecule has 0 fully saturated rings. The molecule has 1 aromatic carbocycles. The van der Waals surface area contributed by atoms with Crippen molar-refractivity contribution in [3.63, 3.8) is 0 Å². The Morgan fingerprint density at radius 1 is 1.14 bits per heavy atom. The number of hydrogen-bond donors (Lipinski definition) is 3. The van der Waals surface area contributed by atoms with Gasteiger partial charge < -0.3 is 15.7 Å². The first-order valence-electron chi connectivity index (χ1n) is 7.67. The first-order chi connectivity index (χ1) is 9.90. The normalized spacial score (nSPS) is 15.3. The summed E-state index contributed by atoms with van der Waals surface area (Å²) in [4.78, 5) is 11.9. The Bertz CT molecular complexity index is 418. The van der Waals surface area contributed by atoms with E-state index in [0.717, 1.165) is 5.56 Å². The van der Waals surface area contributed by atoms with Gasteiger partial charge in [-0.25, -0.2) is 4.79 Å². The second-order valence-corrected chi connectivity index (χ2v) is 6.08. The lowest BCUT2D eigenvalue weighted by atomic mass is 9.93. The molecule has 0 saturated heterocycles. The van der Waals surface area contributed by atoms with Gasteiger partial charge in [0.25, 0.3) is 0 Å². The second-order valence-electron chi connectivity index (χ2n) is 6.08. The van der Waals surface area contributed by atoms with Crippen molar-refractivity contribution in [2.45, 2.75) is 52.2 Å². The maximum absolute atomic E-state index is 11.9. The monoisotopic (exact) mass is 292 g/mol. The van der Waals surface area contributed by atoms with Gasteiger partial charge in [-0.15, -0.1) is 0 Å². The molecule has 0 radical (unpaired) electrons. The number of carbonyl (C=O) groups excluding carboxylic acids is 1. The minimum absolute atomic E-state index is 0.117. The molecule has 0 heterocycles. The van der Waals surface area contributed by atoms with Gasteiger partial charge in [-0.3, -0.25) is 0 Å². The molecule has 4 heteroatoms. The number of benzene rings is 1. The van der Waals surface area contributed by atoms with Crippen molar-refractivity contribution in [3.8, 4) is 0 Å². The van der Waals surface area contributed by atoms with Gasteiger partial charge in [0.1, 0.15) is 0 Å². The molecule has 21 heavy (non-hydrogen) atoms. The summed E-state index contributed by atoms with van der Waals surface area (Å²) in [6.07, 6.45) is 0.235. The van der Waals surface area contributed by atoms with E-state index in [-0.39, 0.29) is 18.0 Å². The Hall–Kier alpha value is -1.55. The number of nitrogens with one attached hydrogen (secondary N) is 2. The van der Waals surface area contributed by atoms with Gasteiger partial charge in [0, 0.05) is 18.5 Å². The minimum Gasteiger partial charge on any atom is -0.393 e. The van der Waals surface area contributed by atoms with Gasteiger partial charge >= 0.3 is 6.03 Å². The first kappa shape index (κ1) is 17.5. The summed E-state index contributed by atoms with van der Waals surface area (Å²) >= 11 is 0. The molecule has 0 saturated carbocycles. The highest BCUT2D eigenvalue weighted by atomic mass is 16.3. The molecule has 0 aromatic heterocycles. The van der Waals surface area contributed by atoms with Crippen LogP contribution in [0.2, 0.25) is 0 Å². The Balaban J connectivity index is 2.56. The average molecular weight is 292 g/mol. The summed E-state index contributed by atoms with van der Waals surface area (Å²) in [6, 6.07) is 9.97. The fraction of sp³-hybridized carbons (Fsp3) is 0.588. The predicted octanol–water partition coefficient (Wildman–Crippen LogP) is 2.88. The van der Waals surface area contributed by atoms with Crippen LogP contribution < -0.4 is 10.6 Å². The van der Waals surface area contributed by atoms with Crippen molar-refractivity contribution in [1.82, 2.24) is 10.6 Å². The van der Waals surface area contributed by atoms with E-state index >= 15 is 0 Å². The highest BCUT2D eigenvalue weighted by Gasteiger charge is 2.16. The van der Waals surface area contributed by atoms with E-state index in [2.05, 4.69) is 24.5 Å². The molecule has 4 nitrogen and oxygen atoms in total. The van der Waals surface area contributed by atoms with Crippen molar-refractivity contribution >= 4 is 6.03 Å². The number of urea groups is 1. The molecule has 1 aromatic rings. The Morgan fingerprint density at radius 2 is 1.76 bits per heavy atom. The van der Waals surface area contributed by atoms with E-state index in [1.807, 2.05) is 37.3 Å². The van der Waals surface area contributed by atoms with Crippen LogP contribution in [-0.4, -0.2) is 29.8 Å². The van der Waals surface area contributed by atoms with Crippen LogP contribution in [-0.2, 0) is 0 Å². The molecular formula is C17H28N2O2. The topological polar surface area (TPSA) is 61.4 Å². The number of rotatable bonds is 7. The van der Waals surface area contributed by atoms with Crippen molar-refractivity contribution in [1.29, 1.82) is 0 Å². The van der Waals surface area contributed by atoms with E-state index in [1.165, 1.54) is 0 Å². The van der Waals surface area contributed by atoms with E-state index in [0.29, 0.717) is 18.9 Å². The number of amides is 2. The van der Waals surface area contributed by atoms with Gasteiger partial charge in [-0.05, 0) is 31.7 Å². The molecule has 3 atom stereocenters. The second kappa shape index (κ2) is 8.67. The number of aliphatic hydroxyl groups is 1. The largest absolute Gasteiger partial charge is 0.393 e.